The van der Waals surface area contributed by atoms with Crippen LogP contribution >= 0.6 is 0 Å². The first-order valence-electron chi connectivity index (χ1n) is 5.55. The lowest BCUT2D eigenvalue weighted by Crippen LogP contribution is -2.11. The second-order valence-electron chi connectivity index (χ2n) is 4.16. The van der Waals surface area contributed by atoms with Gasteiger partial charge >= 0.3 is 0 Å². The molecule has 2 rings (SSSR count). The van der Waals surface area contributed by atoms with Gasteiger partial charge in [0.2, 0.25) is 0 Å². The molecule has 0 saturated carbocycles. The molecule has 0 bridgehead atoms. The standard InChI is InChI=1S/C13H12N6/c1-18(2)13-11(8-15)12(16)19(17-13)10-5-3-9(7-14)4-6-10/h3-6H,16H2,1-2H3. The van der Waals surface area contributed by atoms with E-state index in [1.54, 1.807) is 43.3 Å². The van der Waals surface area contributed by atoms with Gasteiger partial charge < -0.3 is 10.6 Å². The van der Waals surface area contributed by atoms with E-state index in [1.165, 1.54) is 4.68 Å². The average molecular weight is 252 g/mol. The van der Waals surface area contributed by atoms with Gasteiger partial charge in [-0.3, -0.25) is 0 Å². The fourth-order valence-corrected chi connectivity index (χ4v) is 1.71. The Morgan fingerprint density at radius 3 is 2.21 bits per heavy atom. The molecule has 0 saturated heterocycles. The molecule has 0 spiro atoms. The van der Waals surface area contributed by atoms with Gasteiger partial charge in [-0.1, -0.05) is 0 Å². The van der Waals surface area contributed by atoms with Crippen molar-refractivity contribution in [2.24, 2.45) is 0 Å². The summed E-state index contributed by atoms with van der Waals surface area (Å²) in [6, 6.07) is 10.9. The van der Waals surface area contributed by atoms with E-state index in [0.29, 0.717) is 22.6 Å². The lowest BCUT2D eigenvalue weighted by molar-refractivity contribution is 0.874. The highest BCUT2D eigenvalue weighted by Crippen LogP contribution is 2.25. The van der Waals surface area contributed by atoms with Gasteiger partial charge in [0.15, 0.2) is 5.82 Å². The fraction of sp³-hybridized carbons (Fsp3) is 0.154. The molecule has 1 aromatic carbocycles. The van der Waals surface area contributed by atoms with Crippen LogP contribution in [0.1, 0.15) is 11.1 Å². The van der Waals surface area contributed by atoms with Crippen LogP contribution in [-0.2, 0) is 0 Å². The smallest absolute Gasteiger partial charge is 0.170 e. The third-order valence-electron chi connectivity index (χ3n) is 2.68. The molecule has 0 aliphatic carbocycles. The predicted molar refractivity (Wildman–Crippen MR) is 71.7 cm³/mol. The first-order valence-corrected chi connectivity index (χ1v) is 5.55. The fourth-order valence-electron chi connectivity index (χ4n) is 1.71. The SMILES string of the molecule is CN(C)c1nn(-c2ccc(C#N)cc2)c(N)c1C#N. The topological polar surface area (TPSA) is 94.7 Å². The number of nitrogens with two attached hydrogens (primary N) is 1. The monoisotopic (exact) mass is 252 g/mol. The zero-order chi connectivity index (χ0) is 14.0. The molecule has 0 fully saturated rings. The van der Waals surface area contributed by atoms with Crippen LogP contribution < -0.4 is 10.6 Å². The highest BCUT2D eigenvalue weighted by atomic mass is 15.4. The number of nitrogen functional groups attached to an aromatic ring is 1. The van der Waals surface area contributed by atoms with E-state index in [-0.39, 0.29) is 5.82 Å². The summed E-state index contributed by atoms with van der Waals surface area (Å²) in [5.41, 5.74) is 7.55. The summed E-state index contributed by atoms with van der Waals surface area (Å²) in [6.45, 7) is 0. The van der Waals surface area contributed by atoms with Crippen molar-refractivity contribution < 1.29 is 0 Å². The van der Waals surface area contributed by atoms with E-state index in [4.69, 9.17) is 16.3 Å². The van der Waals surface area contributed by atoms with Crippen LogP contribution in [0.15, 0.2) is 24.3 Å². The summed E-state index contributed by atoms with van der Waals surface area (Å²) < 4.78 is 1.50. The maximum absolute atomic E-state index is 9.14. The van der Waals surface area contributed by atoms with Crippen LogP contribution in [0, 0.1) is 22.7 Å². The second kappa shape index (κ2) is 4.71. The van der Waals surface area contributed by atoms with Gasteiger partial charge in [-0.25, -0.2) is 4.68 Å². The molecule has 2 aromatic rings. The van der Waals surface area contributed by atoms with Crippen LogP contribution in [-0.4, -0.2) is 23.9 Å². The Morgan fingerprint density at radius 2 is 1.79 bits per heavy atom. The van der Waals surface area contributed by atoms with E-state index in [1.807, 2.05) is 6.07 Å². The van der Waals surface area contributed by atoms with Gasteiger partial charge in [-0.2, -0.15) is 10.5 Å². The van der Waals surface area contributed by atoms with Crippen molar-refractivity contribution >= 4 is 11.6 Å². The van der Waals surface area contributed by atoms with Gasteiger partial charge in [0.1, 0.15) is 17.5 Å². The highest BCUT2D eigenvalue weighted by Gasteiger charge is 2.17. The van der Waals surface area contributed by atoms with E-state index < -0.39 is 0 Å². The molecule has 0 aliphatic rings. The number of nitrogens with zero attached hydrogens (tertiary/aromatic N) is 5. The minimum Gasteiger partial charge on any atom is -0.382 e. The summed E-state index contributed by atoms with van der Waals surface area (Å²) in [6.07, 6.45) is 0. The molecule has 0 atom stereocenters. The van der Waals surface area contributed by atoms with Crippen molar-refractivity contribution in [2.75, 3.05) is 24.7 Å². The van der Waals surface area contributed by atoms with Gasteiger partial charge in [0.25, 0.3) is 0 Å². The van der Waals surface area contributed by atoms with Crippen molar-refractivity contribution in [3.63, 3.8) is 0 Å². The van der Waals surface area contributed by atoms with Gasteiger partial charge in [-0.05, 0) is 24.3 Å². The minimum absolute atomic E-state index is 0.288. The molecule has 6 heteroatoms. The molecule has 19 heavy (non-hydrogen) atoms. The summed E-state index contributed by atoms with van der Waals surface area (Å²) in [4.78, 5) is 1.73. The van der Waals surface area contributed by atoms with Crippen LogP contribution in [0.2, 0.25) is 0 Å². The molecular formula is C13H12N6. The Labute approximate surface area is 110 Å². The van der Waals surface area contributed by atoms with Crippen LogP contribution in [0.3, 0.4) is 0 Å². The molecular weight excluding hydrogens is 240 g/mol. The molecule has 0 amide bonds. The maximum Gasteiger partial charge on any atom is 0.170 e. The van der Waals surface area contributed by atoms with Gasteiger partial charge in [0.05, 0.1) is 17.3 Å². The summed E-state index contributed by atoms with van der Waals surface area (Å²) in [7, 11) is 3.59. The number of rotatable bonds is 2. The second-order valence-corrected chi connectivity index (χ2v) is 4.16. The van der Waals surface area contributed by atoms with E-state index >= 15 is 0 Å². The number of benzene rings is 1. The molecule has 6 nitrogen and oxygen atoms in total. The summed E-state index contributed by atoms with van der Waals surface area (Å²) in [5, 5.41) is 22.2. The number of hydrogen-bond donors (Lipinski definition) is 1. The molecule has 2 N–H and O–H groups in total. The van der Waals surface area contributed by atoms with Crippen LogP contribution in [0.25, 0.3) is 5.69 Å². The molecule has 0 unspecified atom stereocenters. The first kappa shape index (κ1) is 12.5. The van der Waals surface area contributed by atoms with Crippen LogP contribution in [0.5, 0.6) is 0 Å². The van der Waals surface area contributed by atoms with E-state index in [0.717, 1.165) is 0 Å². The van der Waals surface area contributed by atoms with E-state index in [2.05, 4.69) is 11.2 Å². The highest BCUT2D eigenvalue weighted by molar-refractivity contribution is 5.66. The van der Waals surface area contributed by atoms with Crippen molar-refractivity contribution in [1.82, 2.24) is 9.78 Å². The van der Waals surface area contributed by atoms with Crippen molar-refractivity contribution in [3.05, 3.63) is 35.4 Å². The lowest BCUT2D eigenvalue weighted by atomic mass is 10.2. The Hall–Kier alpha value is -2.99. The molecule has 1 heterocycles. The summed E-state index contributed by atoms with van der Waals surface area (Å²) in [5.74, 6) is 0.806. The quantitative estimate of drug-likeness (QED) is 0.868. The van der Waals surface area contributed by atoms with Gasteiger partial charge in [0, 0.05) is 14.1 Å². The molecule has 1 aromatic heterocycles. The first-order chi connectivity index (χ1) is 9.08. The Bertz CT molecular complexity index is 682. The normalized spacial score (nSPS) is 9.68. The van der Waals surface area contributed by atoms with Crippen LogP contribution in [0.4, 0.5) is 11.6 Å². The minimum atomic E-state index is 0.288. The Morgan fingerprint density at radius 1 is 1.16 bits per heavy atom. The zero-order valence-corrected chi connectivity index (χ0v) is 10.6. The maximum atomic E-state index is 9.14. The molecule has 94 valence electrons. The average Bonchev–Trinajstić information content (AvgIpc) is 2.76. The van der Waals surface area contributed by atoms with Crippen molar-refractivity contribution in [2.45, 2.75) is 0 Å². The third kappa shape index (κ3) is 2.07. The number of aromatic nitrogens is 2. The summed E-state index contributed by atoms with van der Waals surface area (Å²) >= 11 is 0. The van der Waals surface area contributed by atoms with Crippen molar-refractivity contribution in [1.29, 1.82) is 10.5 Å². The van der Waals surface area contributed by atoms with E-state index in [9.17, 15) is 0 Å². The number of anilines is 2. The van der Waals surface area contributed by atoms with Gasteiger partial charge in [-0.15, -0.1) is 5.10 Å². The number of hydrogen-bond acceptors (Lipinski definition) is 5. The zero-order valence-electron chi connectivity index (χ0n) is 10.6. The largest absolute Gasteiger partial charge is 0.382 e. The van der Waals surface area contributed by atoms with Crippen molar-refractivity contribution in [3.8, 4) is 17.8 Å². The number of nitriles is 2. The molecule has 0 aliphatic heterocycles. The predicted octanol–water partition coefficient (Wildman–Crippen LogP) is 1.26. The Balaban J connectivity index is 2.57. The third-order valence-corrected chi connectivity index (χ3v) is 2.68. The Kier molecular flexibility index (Phi) is 3.09. The lowest BCUT2D eigenvalue weighted by Gasteiger charge is -2.07. The molecule has 0 radical (unpaired) electrons.